The third-order valence-electron chi connectivity index (χ3n) is 9.12. The fraction of sp³-hybridized carbons (Fsp3) is 0.406. The van der Waals surface area contributed by atoms with Crippen molar-refractivity contribution in [1.29, 1.82) is 0 Å². The number of thioether (sulfide) groups is 1. The zero-order chi connectivity index (χ0) is 35.8. The zero-order valence-electron chi connectivity index (χ0n) is 27.5. The second kappa shape index (κ2) is 14.5. The van der Waals surface area contributed by atoms with Crippen LogP contribution in [0.5, 0.6) is 0 Å². The van der Waals surface area contributed by atoms with Gasteiger partial charge in [0, 0.05) is 43.1 Å². The Morgan fingerprint density at radius 1 is 1.24 bits per heavy atom. The number of hydrazone groups is 1. The summed E-state index contributed by atoms with van der Waals surface area (Å²) in [5, 5.41) is 24.7. The van der Waals surface area contributed by atoms with Crippen molar-refractivity contribution in [2.24, 2.45) is 10.3 Å². The number of thiazole rings is 1. The second-order valence-electron chi connectivity index (χ2n) is 12.3. The fourth-order valence-electron chi connectivity index (χ4n) is 6.65. The molecule has 15 nitrogen and oxygen atoms in total. The molecule has 3 aromatic rings. The molecule has 0 aliphatic carbocycles. The second-order valence-corrected chi connectivity index (χ2v) is 15.1. The van der Waals surface area contributed by atoms with Gasteiger partial charge < -0.3 is 30.7 Å². The molecule has 2 fully saturated rings. The molecule has 19 heteroatoms. The van der Waals surface area contributed by atoms with Crippen LogP contribution < -0.4 is 25.7 Å². The van der Waals surface area contributed by atoms with E-state index >= 15 is 4.39 Å². The molecule has 6 heterocycles. The number of carbonyl (C=O) groups excluding carboxylic acids is 3. The van der Waals surface area contributed by atoms with Gasteiger partial charge in [0.15, 0.2) is 29.4 Å². The normalized spacial score (nSPS) is 20.5. The van der Waals surface area contributed by atoms with Gasteiger partial charge in [-0.3, -0.25) is 19.5 Å². The van der Waals surface area contributed by atoms with E-state index < -0.39 is 29.2 Å². The van der Waals surface area contributed by atoms with Crippen LogP contribution in [0.25, 0.3) is 0 Å². The molecule has 0 bridgehead atoms. The molecule has 2 atom stereocenters. The van der Waals surface area contributed by atoms with Gasteiger partial charge in [0.25, 0.3) is 11.8 Å². The summed E-state index contributed by atoms with van der Waals surface area (Å²) in [5.74, 6) is -2.06. The number of oxime groups is 1. The first-order valence-corrected chi connectivity index (χ1v) is 18.5. The predicted octanol–water partition coefficient (Wildman–Crippen LogP) is 0.901. The molecule has 2 amide bonds. The van der Waals surface area contributed by atoms with Crippen molar-refractivity contribution >= 4 is 75.4 Å². The average molecular weight is 757 g/mol. The van der Waals surface area contributed by atoms with E-state index in [9.17, 15) is 19.5 Å². The van der Waals surface area contributed by atoms with Gasteiger partial charge in [-0.2, -0.15) is 5.10 Å². The maximum absolute atomic E-state index is 15.2. The van der Waals surface area contributed by atoms with Crippen LogP contribution in [-0.2, 0) is 38.9 Å². The van der Waals surface area contributed by atoms with E-state index in [0.717, 1.165) is 48.0 Å². The molecule has 0 unspecified atom stereocenters. The van der Waals surface area contributed by atoms with E-state index in [1.54, 1.807) is 12.3 Å². The lowest BCUT2D eigenvalue weighted by Crippen LogP contribution is -2.71. The van der Waals surface area contributed by atoms with Crippen molar-refractivity contribution in [2.45, 2.75) is 50.3 Å². The van der Waals surface area contributed by atoms with Crippen LogP contribution in [0, 0.1) is 5.82 Å². The molecule has 4 aliphatic heterocycles. The fourth-order valence-corrected chi connectivity index (χ4v) is 8.92. The molecule has 1 aromatic carbocycles. The van der Waals surface area contributed by atoms with Crippen LogP contribution in [0.3, 0.4) is 0 Å². The molecule has 0 spiro atoms. The number of piperidine rings is 1. The van der Waals surface area contributed by atoms with E-state index in [1.807, 2.05) is 32.7 Å². The SMILES string of the molecule is CO/N=C(\C(=O)N[C@@H]1C(=O)N2C(C(=O)[O-])=C(C[n+]3ccc4n3CCN4Cc3ccc(C=NN4CCCCC4)cc3F)CS[C@H]12)c1nc(N)sc1Cl. The highest BCUT2D eigenvalue weighted by Gasteiger charge is 2.53. The number of nitrogens with one attached hydrogen (secondary N) is 1. The Labute approximate surface area is 305 Å². The smallest absolute Gasteiger partial charge is 0.276 e. The van der Waals surface area contributed by atoms with Gasteiger partial charge in [-0.15, -0.1) is 21.1 Å². The molecular weight excluding hydrogens is 723 g/mol. The van der Waals surface area contributed by atoms with Crippen molar-refractivity contribution in [1.82, 2.24) is 24.9 Å². The Hall–Kier alpha value is -4.68. The summed E-state index contributed by atoms with van der Waals surface area (Å²) in [6.45, 7) is 3.62. The number of halogens is 2. The van der Waals surface area contributed by atoms with Crippen LogP contribution in [0.4, 0.5) is 15.3 Å². The summed E-state index contributed by atoms with van der Waals surface area (Å²) in [6, 6.07) is 6.03. The Morgan fingerprint density at radius 2 is 2.04 bits per heavy atom. The number of benzene rings is 1. The predicted molar refractivity (Wildman–Crippen MR) is 187 cm³/mol. The lowest BCUT2D eigenvalue weighted by Gasteiger charge is -2.50. The van der Waals surface area contributed by atoms with Crippen LogP contribution >= 0.6 is 34.7 Å². The number of aromatic nitrogens is 3. The summed E-state index contributed by atoms with van der Waals surface area (Å²) in [6.07, 6.45) is 6.99. The number of nitrogens with zero attached hydrogens (tertiary/aromatic N) is 8. The molecule has 0 saturated carbocycles. The number of carbonyl (C=O) groups is 3. The lowest BCUT2D eigenvalue weighted by molar-refractivity contribution is -0.766. The molecule has 2 aromatic heterocycles. The molecule has 7 rings (SSSR count). The summed E-state index contributed by atoms with van der Waals surface area (Å²) < 4.78 is 19.2. The standard InChI is InChI=1S/C32H34ClFN10O5S2/c1-49-39-24(23-27(33)51-32(35)38-23)28(45)37-25-29(46)44-26(31(47)48)20(17-50-30(25)44)16-42-10-7-22-40(11-12-43(22)42)15-19-6-5-18(13-21(19)34)14-36-41-8-3-2-4-9-41/h5-7,10,13-14,25,30H,2-4,8-9,11-12,15-17H2,1H3,(H3-,35,37,38,45,47,48)/b36-14?,39-24-/t25-,30-/m1/s1. The summed E-state index contributed by atoms with van der Waals surface area (Å²) in [7, 11) is 1.24. The number of carboxylic acid groups (broad SMARTS) is 1. The quantitative estimate of drug-likeness (QED) is 0.124. The summed E-state index contributed by atoms with van der Waals surface area (Å²) in [5.41, 5.74) is 6.97. The highest BCUT2D eigenvalue weighted by atomic mass is 35.5. The van der Waals surface area contributed by atoms with Crippen molar-refractivity contribution in [3.05, 3.63) is 68.7 Å². The van der Waals surface area contributed by atoms with Crippen molar-refractivity contribution in [3.63, 3.8) is 0 Å². The van der Waals surface area contributed by atoms with E-state index in [-0.39, 0.29) is 44.7 Å². The number of nitrogen functional groups attached to an aromatic ring is 1. The summed E-state index contributed by atoms with van der Waals surface area (Å²) in [4.78, 5) is 51.0. The van der Waals surface area contributed by atoms with Gasteiger partial charge in [-0.05, 0) is 30.9 Å². The van der Waals surface area contributed by atoms with Crippen LogP contribution in [0.15, 0.2) is 52.0 Å². The van der Waals surface area contributed by atoms with Gasteiger partial charge in [0.2, 0.25) is 0 Å². The first-order valence-electron chi connectivity index (χ1n) is 16.3. The number of β-lactam (4-membered cyclic amide) rings is 1. The minimum atomic E-state index is -1.49. The number of hydrogen-bond donors (Lipinski definition) is 2. The number of rotatable bonds is 11. The maximum Gasteiger partial charge on any atom is 0.276 e. The Balaban J connectivity index is 1.02. The largest absolute Gasteiger partial charge is 0.543 e. The Kier molecular flexibility index (Phi) is 9.89. The number of aliphatic carboxylic acids is 1. The topological polar surface area (TPSA) is 178 Å². The van der Waals surface area contributed by atoms with Gasteiger partial charge >= 0.3 is 0 Å². The molecule has 4 aliphatic rings. The van der Waals surface area contributed by atoms with Gasteiger partial charge in [-0.25, -0.2) is 9.37 Å². The van der Waals surface area contributed by atoms with E-state index in [1.165, 1.54) is 31.4 Å². The number of anilines is 2. The third kappa shape index (κ3) is 6.86. The van der Waals surface area contributed by atoms with Gasteiger partial charge in [0.1, 0.15) is 34.4 Å². The first-order chi connectivity index (χ1) is 24.6. The van der Waals surface area contributed by atoms with E-state index in [4.69, 9.17) is 22.2 Å². The molecular formula is C32H34ClFN10O5S2. The van der Waals surface area contributed by atoms with E-state index in [2.05, 4.69) is 25.5 Å². The Bertz CT molecular complexity index is 1980. The number of amides is 2. The number of nitrogens with two attached hydrogens (primary N) is 1. The summed E-state index contributed by atoms with van der Waals surface area (Å²) >= 11 is 8.44. The van der Waals surface area contributed by atoms with Crippen molar-refractivity contribution in [2.75, 3.05) is 43.1 Å². The molecule has 268 valence electrons. The highest BCUT2D eigenvalue weighted by Crippen LogP contribution is 2.40. The molecule has 2 saturated heterocycles. The van der Waals surface area contributed by atoms with Crippen LogP contribution in [0.1, 0.15) is 36.1 Å². The number of hydrogen-bond acceptors (Lipinski definition) is 13. The monoisotopic (exact) mass is 756 g/mol. The zero-order valence-corrected chi connectivity index (χ0v) is 29.8. The van der Waals surface area contributed by atoms with Crippen LogP contribution in [0.2, 0.25) is 4.34 Å². The maximum atomic E-state index is 15.2. The molecule has 3 N–H and O–H groups in total. The number of carboxylic acids is 1. The minimum Gasteiger partial charge on any atom is -0.543 e. The highest BCUT2D eigenvalue weighted by molar-refractivity contribution is 8.00. The van der Waals surface area contributed by atoms with Gasteiger partial charge in [-0.1, -0.05) is 40.2 Å². The average Bonchev–Trinajstić information content (AvgIpc) is 3.81. The van der Waals surface area contributed by atoms with Crippen molar-refractivity contribution < 1.29 is 33.4 Å². The number of fused-ring (bicyclic) bond motifs is 2. The minimum absolute atomic E-state index is 0.00274. The van der Waals surface area contributed by atoms with Crippen LogP contribution in [-0.4, -0.2) is 93.2 Å². The first kappa shape index (κ1) is 34.8. The van der Waals surface area contributed by atoms with Gasteiger partial charge in [0.05, 0.1) is 30.5 Å². The van der Waals surface area contributed by atoms with Crippen molar-refractivity contribution in [3.8, 4) is 0 Å². The molecule has 51 heavy (non-hydrogen) atoms. The third-order valence-corrected chi connectivity index (χ3v) is 11.5. The Morgan fingerprint density at radius 3 is 2.75 bits per heavy atom. The lowest BCUT2D eigenvalue weighted by atomic mass is 10.0. The molecule has 0 radical (unpaired) electrons. The van der Waals surface area contributed by atoms with E-state index in [0.29, 0.717) is 36.3 Å².